The van der Waals surface area contributed by atoms with Crippen LogP contribution in [-0.4, -0.2) is 17.6 Å². The molecule has 0 saturated carbocycles. The Kier molecular flexibility index (Phi) is 5.14. The molecule has 0 bridgehead atoms. The molecule has 0 aliphatic rings. The summed E-state index contributed by atoms with van der Waals surface area (Å²) in [5.74, 6) is -0.892. The Morgan fingerprint density at radius 3 is 2.67 bits per heavy atom. The summed E-state index contributed by atoms with van der Waals surface area (Å²) < 4.78 is 13.4. The van der Waals surface area contributed by atoms with Gasteiger partial charge in [-0.15, -0.1) is 0 Å². The Hall–Kier alpha value is -2.11. The van der Waals surface area contributed by atoms with Crippen molar-refractivity contribution in [3.8, 4) is 0 Å². The maximum absolute atomic E-state index is 13.4. The van der Waals surface area contributed by atoms with Gasteiger partial charge in [-0.2, -0.15) is 0 Å². The maximum Gasteiger partial charge on any atom is 0.243 e. The van der Waals surface area contributed by atoms with Crippen molar-refractivity contribution in [1.82, 2.24) is 0 Å². The molecular weight excluding hydrogens is 295 g/mol. The summed E-state index contributed by atoms with van der Waals surface area (Å²) in [6.07, 6.45) is 0. The molecule has 2 aromatic carbocycles. The van der Waals surface area contributed by atoms with E-state index in [0.717, 1.165) is 0 Å². The number of carbonyl (C=O) groups is 1. The van der Waals surface area contributed by atoms with Crippen molar-refractivity contribution in [1.29, 1.82) is 0 Å². The van der Waals surface area contributed by atoms with Gasteiger partial charge in [0.05, 0.1) is 29.5 Å². The summed E-state index contributed by atoms with van der Waals surface area (Å²) in [7, 11) is 0. The van der Waals surface area contributed by atoms with Gasteiger partial charge in [0.15, 0.2) is 0 Å². The van der Waals surface area contributed by atoms with E-state index in [1.165, 1.54) is 12.1 Å². The lowest BCUT2D eigenvalue weighted by atomic mass is 10.2. The van der Waals surface area contributed by atoms with Crippen LogP contribution in [0.2, 0.25) is 5.02 Å². The predicted molar refractivity (Wildman–Crippen MR) is 80.9 cm³/mol. The molecule has 0 radical (unpaired) electrons. The van der Waals surface area contributed by atoms with Crippen molar-refractivity contribution in [2.24, 2.45) is 0 Å². The van der Waals surface area contributed by atoms with Crippen LogP contribution in [0.15, 0.2) is 42.5 Å². The number of amides is 1. The molecule has 0 aliphatic carbocycles. The highest BCUT2D eigenvalue weighted by Crippen LogP contribution is 2.23. The summed E-state index contributed by atoms with van der Waals surface area (Å²) in [5.41, 5.74) is 1.34. The molecule has 0 aliphatic heterocycles. The Balaban J connectivity index is 1.97. The number of rotatable bonds is 5. The van der Waals surface area contributed by atoms with Crippen molar-refractivity contribution in [3.63, 3.8) is 0 Å². The molecule has 0 aromatic heterocycles. The van der Waals surface area contributed by atoms with Crippen molar-refractivity contribution < 1.29 is 14.3 Å². The molecule has 6 heteroatoms. The van der Waals surface area contributed by atoms with Gasteiger partial charge in [-0.25, -0.2) is 4.39 Å². The van der Waals surface area contributed by atoms with Gasteiger partial charge in [0.2, 0.25) is 5.91 Å². The largest absolute Gasteiger partial charge is 0.392 e. The van der Waals surface area contributed by atoms with Crippen molar-refractivity contribution in [2.75, 3.05) is 17.2 Å². The van der Waals surface area contributed by atoms with E-state index in [1.54, 1.807) is 30.3 Å². The number of aliphatic hydroxyl groups is 1. The third-order valence-electron chi connectivity index (χ3n) is 2.80. The molecule has 0 saturated heterocycles. The summed E-state index contributed by atoms with van der Waals surface area (Å²) in [6.45, 7) is -0.184. The van der Waals surface area contributed by atoms with E-state index in [-0.39, 0.29) is 18.8 Å². The van der Waals surface area contributed by atoms with Gasteiger partial charge in [0.25, 0.3) is 0 Å². The zero-order valence-corrected chi connectivity index (χ0v) is 11.8. The number of nitrogens with one attached hydrogen (secondary N) is 2. The highest BCUT2D eigenvalue weighted by Gasteiger charge is 2.07. The van der Waals surface area contributed by atoms with Crippen LogP contribution >= 0.6 is 11.6 Å². The lowest BCUT2D eigenvalue weighted by molar-refractivity contribution is -0.114. The zero-order chi connectivity index (χ0) is 15.2. The standard InChI is InChI=1S/C15H14ClFN2O2/c16-11-6-5-10(9-20)7-14(11)18-8-15(21)19-13-4-2-1-3-12(13)17/h1-7,18,20H,8-9H2,(H,19,21). The summed E-state index contributed by atoms with van der Waals surface area (Å²) in [5, 5.41) is 14.8. The van der Waals surface area contributed by atoms with Crippen LogP contribution in [0, 0.1) is 5.82 Å². The van der Waals surface area contributed by atoms with Gasteiger partial charge in [-0.1, -0.05) is 29.8 Å². The van der Waals surface area contributed by atoms with Crippen LogP contribution < -0.4 is 10.6 Å². The van der Waals surface area contributed by atoms with Crippen LogP contribution in [0.25, 0.3) is 0 Å². The minimum atomic E-state index is -0.494. The Bertz CT molecular complexity index is 649. The fourth-order valence-corrected chi connectivity index (χ4v) is 1.92. The molecule has 0 atom stereocenters. The molecule has 1 amide bonds. The van der Waals surface area contributed by atoms with Gasteiger partial charge in [-0.05, 0) is 29.8 Å². The fourth-order valence-electron chi connectivity index (χ4n) is 1.74. The van der Waals surface area contributed by atoms with Gasteiger partial charge in [0, 0.05) is 0 Å². The average Bonchev–Trinajstić information content (AvgIpc) is 2.49. The zero-order valence-electron chi connectivity index (χ0n) is 11.1. The number of hydrogen-bond donors (Lipinski definition) is 3. The van der Waals surface area contributed by atoms with Crippen molar-refractivity contribution in [3.05, 3.63) is 58.9 Å². The topological polar surface area (TPSA) is 61.4 Å². The van der Waals surface area contributed by atoms with Gasteiger partial charge in [0.1, 0.15) is 5.82 Å². The lowest BCUT2D eigenvalue weighted by Gasteiger charge is -2.10. The van der Waals surface area contributed by atoms with Crippen LogP contribution in [0.3, 0.4) is 0 Å². The van der Waals surface area contributed by atoms with Crippen LogP contribution in [-0.2, 0) is 11.4 Å². The third kappa shape index (κ3) is 4.18. The predicted octanol–water partition coefficient (Wildman–Crippen LogP) is 3.02. The van der Waals surface area contributed by atoms with E-state index in [2.05, 4.69) is 10.6 Å². The van der Waals surface area contributed by atoms with E-state index in [4.69, 9.17) is 16.7 Å². The Labute approximate surface area is 126 Å². The highest BCUT2D eigenvalue weighted by molar-refractivity contribution is 6.33. The van der Waals surface area contributed by atoms with Gasteiger partial charge >= 0.3 is 0 Å². The van der Waals surface area contributed by atoms with Crippen LogP contribution in [0.1, 0.15) is 5.56 Å². The number of anilines is 2. The Morgan fingerprint density at radius 2 is 1.95 bits per heavy atom. The fraction of sp³-hybridized carbons (Fsp3) is 0.133. The maximum atomic E-state index is 13.4. The van der Waals surface area contributed by atoms with Crippen molar-refractivity contribution >= 4 is 28.9 Å². The first-order chi connectivity index (χ1) is 10.1. The number of para-hydroxylation sites is 1. The average molecular weight is 309 g/mol. The monoisotopic (exact) mass is 308 g/mol. The lowest BCUT2D eigenvalue weighted by Crippen LogP contribution is -2.22. The summed E-state index contributed by atoms with van der Waals surface area (Å²) >= 11 is 5.99. The minimum absolute atomic E-state index is 0.0665. The number of carbonyl (C=O) groups excluding carboxylic acids is 1. The van der Waals surface area contributed by atoms with E-state index >= 15 is 0 Å². The molecule has 3 N–H and O–H groups in total. The second-order valence-electron chi connectivity index (χ2n) is 4.35. The molecule has 0 heterocycles. The van der Waals surface area contributed by atoms with Crippen molar-refractivity contribution in [2.45, 2.75) is 6.61 Å². The Morgan fingerprint density at radius 1 is 1.19 bits per heavy atom. The molecule has 4 nitrogen and oxygen atoms in total. The number of benzene rings is 2. The molecule has 0 fully saturated rings. The molecule has 110 valence electrons. The first kappa shape index (κ1) is 15.3. The molecule has 0 spiro atoms. The third-order valence-corrected chi connectivity index (χ3v) is 3.13. The van der Waals surface area contributed by atoms with Crippen LogP contribution in [0.5, 0.6) is 0 Å². The minimum Gasteiger partial charge on any atom is -0.392 e. The van der Waals surface area contributed by atoms with E-state index in [9.17, 15) is 9.18 Å². The van der Waals surface area contributed by atoms with E-state index < -0.39 is 11.7 Å². The second kappa shape index (κ2) is 7.06. The normalized spacial score (nSPS) is 10.2. The SMILES string of the molecule is O=C(CNc1cc(CO)ccc1Cl)Nc1ccccc1F. The molecule has 2 rings (SSSR count). The summed E-state index contributed by atoms with van der Waals surface area (Å²) in [6, 6.07) is 10.9. The van der Waals surface area contributed by atoms with E-state index in [0.29, 0.717) is 16.3 Å². The van der Waals surface area contributed by atoms with E-state index in [1.807, 2.05) is 0 Å². The quantitative estimate of drug-likeness (QED) is 0.795. The number of aliphatic hydroxyl groups excluding tert-OH is 1. The number of halogens is 2. The summed E-state index contributed by atoms with van der Waals surface area (Å²) in [4.78, 5) is 11.8. The van der Waals surface area contributed by atoms with Crippen LogP contribution in [0.4, 0.5) is 15.8 Å². The second-order valence-corrected chi connectivity index (χ2v) is 4.76. The molecule has 21 heavy (non-hydrogen) atoms. The van der Waals surface area contributed by atoms with Gasteiger partial charge in [-0.3, -0.25) is 4.79 Å². The first-order valence-corrected chi connectivity index (χ1v) is 6.65. The van der Waals surface area contributed by atoms with Gasteiger partial charge < -0.3 is 15.7 Å². The molecular formula is C15H14ClFN2O2. The molecule has 0 unspecified atom stereocenters. The first-order valence-electron chi connectivity index (χ1n) is 6.27. The smallest absolute Gasteiger partial charge is 0.243 e. The highest BCUT2D eigenvalue weighted by atomic mass is 35.5. The number of hydrogen-bond acceptors (Lipinski definition) is 3. The molecule has 2 aromatic rings.